The van der Waals surface area contributed by atoms with Crippen molar-refractivity contribution in [1.82, 2.24) is 10.6 Å². The lowest BCUT2D eigenvalue weighted by Crippen LogP contribution is -2.41. The van der Waals surface area contributed by atoms with Crippen molar-refractivity contribution in [2.45, 2.75) is 39.7 Å². The van der Waals surface area contributed by atoms with Crippen LogP contribution in [0.1, 0.15) is 29.5 Å². The van der Waals surface area contributed by atoms with Gasteiger partial charge in [0.15, 0.2) is 0 Å². The maximum absolute atomic E-state index is 11.7. The lowest BCUT2D eigenvalue weighted by atomic mass is 10.1. The van der Waals surface area contributed by atoms with Crippen LogP contribution < -0.4 is 15.4 Å². The molecule has 1 aromatic carbocycles. The van der Waals surface area contributed by atoms with Crippen LogP contribution in [0.5, 0.6) is 5.75 Å². The fourth-order valence-electron chi connectivity index (χ4n) is 2.54. The van der Waals surface area contributed by atoms with Gasteiger partial charge < -0.3 is 20.1 Å². The smallest absolute Gasteiger partial charge is 0.315 e. The largest absolute Gasteiger partial charge is 0.491 e. The number of nitrogens with one attached hydrogen (secondary N) is 2. The van der Waals surface area contributed by atoms with Gasteiger partial charge in [-0.25, -0.2) is 4.79 Å². The Morgan fingerprint density at radius 2 is 2.05 bits per heavy atom. The highest BCUT2D eigenvalue weighted by Gasteiger charge is 2.15. The summed E-state index contributed by atoms with van der Waals surface area (Å²) in [5.74, 6) is 0.918. The molecule has 1 aliphatic rings. The van der Waals surface area contributed by atoms with Crippen LogP contribution in [-0.4, -0.2) is 38.4 Å². The molecular formula is C17H26N2O3. The zero-order valence-corrected chi connectivity index (χ0v) is 13.7. The molecule has 0 saturated carbocycles. The topological polar surface area (TPSA) is 59.6 Å². The van der Waals surface area contributed by atoms with E-state index in [0.717, 1.165) is 36.3 Å². The van der Waals surface area contributed by atoms with Crippen LogP contribution in [0.15, 0.2) is 12.1 Å². The van der Waals surface area contributed by atoms with E-state index in [0.29, 0.717) is 19.7 Å². The van der Waals surface area contributed by atoms with E-state index in [9.17, 15) is 4.79 Å². The summed E-state index contributed by atoms with van der Waals surface area (Å²) in [4.78, 5) is 11.7. The molecule has 122 valence electrons. The van der Waals surface area contributed by atoms with Gasteiger partial charge in [-0.2, -0.15) is 0 Å². The van der Waals surface area contributed by atoms with Gasteiger partial charge in [0, 0.05) is 13.2 Å². The third-order valence-electron chi connectivity index (χ3n) is 4.02. The van der Waals surface area contributed by atoms with Crippen molar-refractivity contribution >= 4 is 6.03 Å². The van der Waals surface area contributed by atoms with Gasteiger partial charge in [-0.15, -0.1) is 0 Å². The third-order valence-corrected chi connectivity index (χ3v) is 4.02. The van der Waals surface area contributed by atoms with Crippen LogP contribution >= 0.6 is 0 Å². The molecule has 2 N–H and O–H groups in total. The Hall–Kier alpha value is -1.75. The molecular weight excluding hydrogens is 280 g/mol. The van der Waals surface area contributed by atoms with E-state index in [4.69, 9.17) is 9.47 Å². The van der Waals surface area contributed by atoms with E-state index in [1.807, 2.05) is 6.92 Å². The minimum atomic E-state index is -0.170. The second-order valence-corrected chi connectivity index (χ2v) is 5.77. The fourth-order valence-corrected chi connectivity index (χ4v) is 2.54. The summed E-state index contributed by atoms with van der Waals surface area (Å²) in [6, 6.07) is 3.98. The highest BCUT2D eigenvalue weighted by molar-refractivity contribution is 5.73. The Kier molecular flexibility index (Phi) is 6.07. The van der Waals surface area contributed by atoms with Crippen molar-refractivity contribution in [1.29, 1.82) is 0 Å². The zero-order valence-electron chi connectivity index (χ0n) is 13.7. The normalized spacial score (nSPS) is 17.3. The average Bonchev–Trinajstić information content (AvgIpc) is 3.02. The summed E-state index contributed by atoms with van der Waals surface area (Å²) in [6.45, 7) is 8.46. The molecule has 0 radical (unpaired) electrons. The van der Waals surface area contributed by atoms with Gasteiger partial charge in [-0.1, -0.05) is 12.1 Å². The molecule has 5 heteroatoms. The van der Waals surface area contributed by atoms with Crippen molar-refractivity contribution in [3.05, 3.63) is 28.8 Å². The van der Waals surface area contributed by atoms with Gasteiger partial charge in [-0.3, -0.25) is 0 Å². The molecule has 0 aliphatic carbocycles. The van der Waals surface area contributed by atoms with Gasteiger partial charge in [0.2, 0.25) is 0 Å². The molecule has 0 spiro atoms. The van der Waals surface area contributed by atoms with Crippen LogP contribution in [0.4, 0.5) is 4.79 Å². The monoisotopic (exact) mass is 306 g/mol. The van der Waals surface area contributed by atoms with Crippen LogP contribution in [0.25, 0.3) is 0 Å². The highest BCUT2D eigenvalue weighted by atomic mass is 16.5. The Labute approximate surface area is 132 Å². The molecule has 2 amide bonds. The molecule has 1 atom stereocenters. The molecule has 22 heavy (non-hydrogen) atoms. The summed E-state index contributed by atoms with van der Waals surface area (Å²) in [6.07, 6.45) is 2.27. The second kappa shape index (κ2) is 8.03. The number of rotatable bonds is 6. The van der Waals surface area contributed by atoms with Crippen LogP contribution in [0, 0.1) is 20.8 Å². The van der Waals surface area contributed by atoms with Crippen molar-refractivity contribution in [2.24, 2.45) is 0 Å². The molecule has 1 fully saturated rings. The standard InChI is InChI=1S/C17H26N2O3/c1-12-6-7-13(2)16(14(12)3)22-10-8-18-17(20)19-11-15-5-4-9-21-15/h6-7,15H,4-5,8-11H2,1-3H3,(H2,18,19,20). The van der Waals surface area contributed by atoms with Crippen molar-refractivity contribution in [3.8, 4) is 5.75 Å². The first-order chi connectivity index (χ1) is 10.6. The number of amides is 2. The van der Waals surface area contributed by atoms with Gasteiger partial charge >= 0.3 is 6.03 Å². The van der Waals surface area contributed by atoms with Crippen LogP contribution in [0.2, 0.25) is 0 Å². The minimum Gasteiger partial charge on any atom is -0.491 e. The number of urea groups is 1. The number of aryl methyl sites for hydroxylation is 2. The summed E-state index contributed by atoms with van der Waals surface area (Å²) < 4.78 is 11.3. The van der Waals surface area contributed by atoms with E-state index in [1.165, 1.54) is 5.56 Å². The highest BCUT2D eigenvalue weighted by Crippen LogP contribution is 2.25. The van der Waals surface area contributed by atoms with Crippen molar-refractivity contribution in [3.63, 3.8) is 0 Å². The molecule has 1 aromatic rings. The second-order valence-electron chi connectivity index (χ2n) is 5.77. The Morgan fingerprint density at radius 1 is 1.27 bits per heavy atom. The zero-order chi connectivity index (χ0) is 15.9. The molecule has 0 aromatic heterocycles. The van der Waals surface area contributed by atoms with Gasteiger partial charge in [0.25, 0.3) is 0 Å². The molecule has 1 saturated heterocycles. The molecule has 0 bridgehead atoms. The predicted octanol–water partition coefficient (Wildman–Crippen LogP) is 2.47. The lowest BCUT2D eigenvalue weighted by Gasteiger charge is -2.15. The summed E-state index contributed by atoms with van der Waals surface area (Å²) >= 11 is 0. The summed E-state index contributed by atoms with van der Waals surface area (Å²) in [7, 11) is 0. The minimum absolute atomic E-state index is 0.166. The Balaban J connectivity index is 1.66. The number of hydrogen-bond acceptors (Lipinski definition) is 3. The van der Waals surface area contributed by atoms with Gasteiger partial charge in [0.1, 0.15) is 12.4 Å². The van der Waals surface area contributed by atoms with Crippen molar-refractivity contribution < 1.29 is 14.3 Å². The van der Waals surface area contributed by atoms with E-state index in [1.54, 1.807) is 0 Å². The SMILES string of the molecule is Cc1ccc(C)c(OCCNC(=O)NCC2CCCO2)c1C. The Morgan fingerprint density at radius 3 is 2.77 bits per heavy atom. The number of hydrogen-bond donors (Lipinski definition) is 2. The summed E-state index contributed by atoms with van der Waals surface area (Å²) in [5, 5.41) is 5.62. The number of ether oxygens (including phenoxy) is 2. The predicted molar refractivity (Wildman–Crippen MR) is 86.5 cm³/mol. The number of carbonyl (C=O) groups excluding carboxylic acids is 1. The first-order valence-corrected chi connectivity index (χ1v) is 7.91. The summed E-state index contributed by atoms with van der Waals surface area (Å²) in [5.41, 5.74) is 3.48. The maximum Gasteiger partial charge on any atom is 0.315 e. The van der Waals surface area contributed by atoms with E-state index >= 15 is 0 Å². The number of carbonyl (C=O) groups is 1. The van der Waals surface area contributed by atoms with E-state index in [2.05, 4.69) is 36.6 Å². The first-order valence-electron chi connectivity index (χ1n) is 7.91. The van der Waals surface area contributed by atoms with Crippen LogP contribution in [0.3, 0.4) is 0 Å². The molecule has 2 rings (SSSR count). The Bertz CT molecular complexity index is 511. The third kappa shape index (κ3) is 4.63. The fraction of sp³-hybridized carbons (Fsp3) is 0.588. The quantitative estimate of drug-likeness (QED) is 0.794. The number of benzene rings is 1. The molecule has 1 aliphatic heterocycles. The molecule has 5 nitrogen and oxygen atoms in total. The molecule has 1 heterocycles. The average molecular weight is 306 g/mol. The first kappa shape index (κ1) is 16.6. The van der Waals surface area contributed by atoms with Crippen molar-refractivity contribution in [2.75, 3.05) is 26.3 Å². The maximum atomic E-state index is 11.7. The van der Waals surface area contributed by atoms with Gasteiger partial charge in [0.05, 0.1) is 12.6 Å². The lowest BCUT2D eigenvalue weighted by molar-refractivity contribution is 0.111. The molecule has 1 unspecified atom stereocenters. The van der Waals surface area contributed by atoms with E-state index < -0.39 is 0 Å². The van der Waals surface area contributed by atoms with E-state index in [-0.39, 0.29) is 12.1 Å². The van der Waals surface area contributed by atoms with Gasteiger partial charge in [-0.05, 0) is 50.3 Å². The van der Waals surface area contributed by atoms with Crippen LogP contribution in [-0.2, 0) is 4.74 Å².